The molecule has 0 aliphatic carbocycles. The molecule has 2 heteroatoms. The molecule has 0 spiro atoms. The first kappa shape index (κ1) is 15.2. The van der Waals surface area contributed by atoms with Crippen LogP contribution in [0.4, 0.5) is 0 Å². The molecule has 2 atom stereocenters. The average molecular weight is 262 g/mol. The fraction of sp³-hybridized carbons (Fsp3) is 0.500. The van der Waals surface area contributed by atoms with E-state index in [4.69, 9.17) is 4.74 Å². The molecule has 0 bridgehead atoms. The highest BCUT2D eigenvalue weighted by Gasteiger charge is 2.27. The first-order chi connectivity index (χ1) is 8.36. The standard InChI is InChI=1S/C16H26OSi/c1-13(14(2)17-3)16(18(4,5)6)12-15-10-8-7-9-11-15/h7-14H,1-6H3/b16-12-/t13-,14-/m1/s1. The van der Waals surface area contributed by atoms with Gasteiger partial charge in [0, 0.05) is 7.11 Å². The number of hydrogen-bond donors (Lipinski definition) is 0. The molecule has 0 aromatic heterocycles. The van der Waals surface area contributed by atoms with Crippen molar-refractivity contribution in [2.45, 2.75) is 39.6 Å². The van der Waals surface area contributed by atoms with Crippen LogP contribution in [0.3, 0.4) is 0 Å². The van der Waals surface area contributed by atoms with Gasteiger partial charge in [-0.1, -0.05) is 68.2 Å². The maximum absolute atomic E-state index is 5.51. The van der Waals surface area contributed by atoms with Gasteiger partial charge in [-0.25, -0.2) is 0 Å². The van der Waals surface area contributed by atoms with E-state index in [-0.39, 0.29) is 6.10 Å². The van der Waals surface area contributed by atoms with Crippen LogP contribution < -0.4 is 0 Å². The van der Waals surface area contributed by atoms with Gasteiger partial charge in [-0.05, 0) is 18.4 Å². The number of methoxy groups -OCH3 is 1. The Morgan fingerprint density at radius 3 is 2.11 bits per heavy atom. The number of ether oxygens (including phenoxy) is 1. The van der Waals surface area contributed by atoms with Gasteiger partial charge in [0.1, 0.15) is 0 Å². The van der Waals surface area contributed by atoms with Gasteiger partial charge in [-0.15, -0.1) is 0 Å². The van der Waals surface area contributed by atoms with Gasteiger partial charge >= 0.3 is 0 Å². The quantitative estimate of drug-likeness (QED) is 0.704. The van der Waals surface area contributed by atoms with E-state index >= 15 is 0 Å². The van der Waals surface area contributed by atoms with Crippen molar-refractivity contribution < 1.29 is 4.74 Å². The van der Waals surface area contributed by atoms with Gasteiger partial charge in [0.05, 0.1) is 14.2 Å². The van der Waals surface area contributed by atoms with Gasteiger partial charge in [-0.3, -0.25) is 0 Å². The SMILES string of the molecule is CO[C@H](C)[C@@H](C)/C(=C/c1ccccc1)[Si](C)(C)C. The molecule has 0 aliphatic rings. The second-order valence-corrected chi connectivity index (χ2v) is 11.1. The van der Waals surface area contributed by atoms with Crippen LogP contribution in [-0.2, 0) is 4.74 Å². The van der Waals surface area contributed by atoms with Crippen molar-refractivity contribution in [3.8, 4) is 0 Å². The minimum absolute atomic E-state index is 0.270. The second kappa shape index (κ2) is 6.35. The van der Waals surface area contributed by atoms with E-state index in [1.54, 1.807) is 12.3 Å². The minimum Gasteiger partial charge on any atom is -0.381 e. The molecule has 1 aromatic carbocycles. The Labute approximate surface area is 113 Å². The summed E-state index contributed by atoms with van der Waals surface area (Å²) >= 11 is 0. The summed E-state index contributed by atoms with van der Waals surface area (Å²) in [4.78, 5) is 0. The van der Waals surface area contributed by atoms with Crippen molar-refractivity contribution >= 4 is 14.1 Å². The lowest BCUT2D eigenvalue weighted by Gasteiger charge is -2.30. The molecule has 1 aromatic rings. The van der Waals surface area contributed by atoms with Crippen LogP contribution in [-0.4, -0.2) is 21.3 Å². The number of benzene rings is 1. The van der Waals surface area contributed by atoms with Crippen LogP contribution in [0.1, 0.15) is 19.4 Å². The summed E-state index contributed by atoms with van der Waals surface area (Å²) in [6, 6.07) is 10.6. The van der Waals surface area contributed by atoms with Crippen LogP contribution in [0.5, 0.6) is 0 Å². The molecular formula is C16H26OSi. The molecule has 0 N–H and O–H groups in total. The van der Waals surface area contributed by atoms with Crippen LogP contribution in [0.15, 0.2) is 35.5 Å². The minimum atomic E-state index is -1.33. The lowest BCUT2D eigenvalue weighted by atomic mass is 10.0. The topological polar surface area (TPSA) is 9.23 Å². The molecule has 1 nitrogen and oxygen atoms in total. The Morgan fingerprint density at radius 2 is 1.67 bits per heavy atom. The molecular weight excluding hydrogens is 236 g/mol. The Balaban J connectivity index is 3.11. The molecule has 0 unspecified atom stereocenters. The molecule has 0 amide bonds. The number of hydrogen-bond acceptors (Lipinski definition) is 1. The van der Waals surface area contributed by atoms with Gasteiger partial charge in [-0.2, -0.15) is 0 Å². The van der Waals surface area contributed by atoms with E-state index in [1.807, 2.05) is 0 Å². The van der Waals surface area contributed by atoms with Crippen LogP contribution in [0.25, 0.3) is 6.08 Å². The third-order valence-electron chi connectivity index (χ3n) is 3.55. The Hall–Kier alpha value is -0.863. The normalized spacial score (nSPS) is 16.4. The van der Waals surface area contributed by atoms with E-state index in [2.05, 4.69) is 69.9 Å². The zero-order valence-corrected chi connectivity index (χ0v) is 13.5. The molecule has 0 saturated heterocycles. The first-order valence-electron chi connectivity index (χ1n) is 6.66. The van der Waals surface area contributed by atoms with Crippen molar-refractivity contribution in [3.63, 3.8) is 0 Å². The highest BCUT2D eigenvalue weighted by Crippen LogP contribution is 2.28. The van der Waals surface area contributed by atoms with Crippen molar-refractivity contribution in [2.24, 2.45) is 5.92 Å². The average Bonchev–Trinajstić information content (AvgIpc) is 2.34. The maximum Gasteiger partial charge on any atom is 0.0729 e. The zero-order chi connectivity index (χ0) is 13.8. The van der Waals surface area contributed by atoms with Crippen molar-refractivity contribution in [1.82, 2.24) is 0 Å². The second-order valence-electron chi connectivity index (χ2n) is 5.99. The number of rotatable bonds is 5. The largest absolute Gasteiger partial charge is 0.381 e. The summed E-state index contributed by atoms with van der Waals surface area (Å²) in [6.45, 7) is 11.6. The van der Waals surface area contributed by atoms with Crippen LogP contribution in [0.2, 0.25) is 19.6 Å². The van der Waals surface area contributed by atoms with Crippen LogP contribution in [0, 0.1) is 5.92 Å². The molecule has 0 fully saturated rings. The highest BCUT2D eigenvalue weighted by molar-refractivity contribution is 6.83. The maximum atomic E-state index is 5.51. The van der Waals surface area contributed by atoms with Crippen molar-refractivity contribution in [2.75, 3.05) is 7.11 Å². The van der Waals surface area contributed by atoms with E-state index in [0.29, 0.717) is 5.92 Å². The van der Waals surface area contributed by atoms with Gasteiger partial charge < -0.3 is 4.74 Å². The fourth-order valence-corrected chi connectivity index (χ4v) is 4.42. The highest BCUT2D eigenvalue weighted by atomic mass is 28.3. The van der Waals surface area contributed by atoms with E-state index in [9.17, 15) is 0 Å². The Kier molecular flexibility index (Phi) is 5.36. The van der Waals surface area contributed by atoms with Crippen molar-refractivity contribution in [1.29, 1.82) is 0 Å². The van der Waals surface area contributed by atoms with Gasteiger partial charge in [0.15, 0.2) is 0 Å². The molecule has 0 heterocycles. The van der Waals surface area contributed by atoms with E-state index < -0.39 is 8.07 Å². The monoisotopic (exact) mass is 262 g/mol. The van der Waals surface area contributed by atoms with Gasteiger partial charge in [0.2, 0.25) is 0 Å². The summed E-state index contributed by atoms with van der Waals surface area (Å²) in [7, 11) is 0.467. The predicted molar refractivity (Wildman–Crippen MR) is 83.4 cm³/mol. The fourth-order valence-electron chi connectivity index (χ4n) is 2.22. The Bertz CT molecular complexity index is 389. The predicted octanol–water partition coefficient (Wildman–Crippen LogP) is 4.62. The van der Waals surface area contributed by atoms with Crippen molar-refractivity contribution in [3.05, 3.63) is 41.1 Å². The third-order valence-corrected chi connectivity index (χ3v) is 5.89. The summed E-state index contributed by atoms with van der Waals surface area (Å²) < 4.78 is 5.51. The summed E-state index contributed by atoms with van der Waals surface area (Å²) in [6.07, 6.45) is 2.64. The zero-order valence-electron chi connectivity index (χ0n) is 12.5. The lowest BCUT2D eigenvalue weighted by molar-refractivity contribution is 0.0883. The van der Waals surface area contributed by atoms with E-state index in [0.717, 1.165) is 0 Å². The molecule has 100 valence electrons. The smallest absolute Gasteiger partial charge is 0.0729 e. The molecule has 0 aliphatic heterocycles. The third kappa shape index (κ3) is 4.11. The molecule has 1 rings (SSSR count). The summed E-state index contributed by atoms with van der Waals surface area (Å²) in [5.41, 5.74) is 1.30. The molecule has 18 heavy (non-hydrogen) atoms. The lowest BCUT2D eigenvalue weighted by Crippen LogP contribution is -2.33. The van der Waals surface area contributed by atoms with E-state index in [1.165, 1.54) is 5.56 Å². The first-order valence-corrected chi connectivity index (χ1v) is 10.2. The molecule has 0 radical (unpaired) electrons. The molecule has 0 saturated carbocycles. The summed E-state index contributed by atoms with van der Waals surface area (Å²) in [5, 5.41) is 1.57. The Morgan fingerprint density at radius 1 is 1.11 bits per heavy atom. The van der Waals surface area contributed by atoms with Gasteiger partial charge in [0.25, 0.3) is 0 Å². The van der Waals surface area contributed by atoms with Crippen LogP contribution >= 0.6 is 0 Å². The summed E-state index contributed by atoms with van der Waals surface area (Å²) in [5.74, 6) is 0.474.